The Morgan fingerprint density at radius 2 is 1.81 bits per heavy atom. The largest absolute Gasteiger partial charge is 1.00 e. The third-order valence-electron chi connectivity index (χ3n) is 1.83. The van der Waals surface area contributed by atoms with Crippen LogP contribution in [0.3, 0.4) is 0 Å². The van der Waals surface area contributed by atoms with E-state index in [0.29, 0.717) is 0 Å². The van der Waals surface area contributed by atoms with Gasteiger partial charge in [0.15, 0.2) is 0 Å². The molecule has 0 spiro atoms. The molecule has 0 heterocycles. The maximum absolute atomic E-state index is 10.6. The second-order valence-corrected chi connectivity index (χ2v) is 3.80. The summed E-state index contributed by atoms with van der Waals surface area (Å²) in [5.74, 6) is -4.86. The van der Waals surface area contributed by atoms with Crippen molar-refractivity contribution >= 4 is 35.1 Å². The molecule has 0 N–H and O–H groups in total. The Kier molecular flexibility index (Phi) is 8.99. The zero-order valence-electron chi connectivity index (χ0n) is 8.70. The summed E-state index contributed by atoms with van der Waals surface area (Å²) in [5, 5.41) is 21.3. The van der Waals surface area contributed by atoms with Crippen LogP contribution in [0.15, 0.2) is 23.3 Å². The number of carboxylic acids is 2. The molecule has 0 radical (unpaired) electrons. The Morgan fingerprint density at radius 1 is 1.31 bits per heavy atom. The summed E-state index contributed by atoms with van der Waals surface area (Å²) in [6.07, 6.45) is 3.16. The fourth-order valence-electron chi connectivity index (χ4n) is 1.08. The number of rotatable bonds is 2. The molecule has 4 nitrogen and oxygen atoms in total. The average molecular weight is 281 g/mol. The van der Waals surface area contributed by atoms with Crippen molar-refractivity contribution in [1.29, 1.82) is 0 Å². The van der Waals surface area contributed by atoms with Crippen LogP contribution in [0.25, 0.3) is 0 Å². The molecule has 0 aromatic heterocycles. The van der Waals surface area contributed by atoms with Crippen molar-refractivity contribution in [1.82, 2.24) is 0 Å². The van der Waals surface area contributed by atoms with Gasteiger partial charge in [-0.2, -0.15) is 0 Å². The molecular weight excluding hydrogens is 277 g/mol. The van der Waals surface area contributed by atoms with E-state index in [4.69, 9.17) is 23.2 Å². The van der Waals surface area contributed by atoms with Gasteiger partial charge in [0.1, 0.15) is 4.87 Å². The van der Waals surface area contributed by atoms with Crippen molar-refractivity contribution in [2.24, 2.45) is 5.92 Å². The summed E-state index contributed by atoms with van der Waals surface area (Å²) in [6.45, 7) is 0. The topological polar surface area (TPSA) is 80.3 Å². The first-order chi connectivity index (χ1) is 6.38. The molecule has 8 heteroatoms. The van der Waals surface area contributed by atoms with Gasteiger partial charge in [0, 0.05) is 11.0 Å². The van der Waals surface area contributed by atoms with Gasteiger partial charge in [-0.15, -0.1) is 11.6 Å². The van der Waals surface area contributed by atoms with Gasteiger partial charge in [-0.05, 0) is 6.08 Å². The number of hydrogen-bond donors (Lipinski definition) is 0. The maximum Gasteiger partial charge on any atom is 1.00 e. The van der Waals surface area contributed by atoms with Gasteiger partial charge >= 0.3 is 59.1 Å². The van der Waals surface area contributed by atoms with E-state index in [0.717, 1.165) is 12.2 Å². The summed E-state index contributed by atoms with van der Waals surface area (Å²) in [6, 6.07) is 0. The standard InChI is InChI=1S/C8H6Cl2O4.2Na/c9-4-1-2-8(10,7(13)14)5(3-4)6(11)12;;/h1-3,5H,(H,11,12)(H,13,14);;/q;2*+1/p-2. The molecule has 1 rings (SSSR count). The second kappa shape index (κ2) is 7.44. The third kappa shape index (κ3) is 4.03. The number of hydrogen-bond acceptors (Lipinski definition) is 4. The molecule has 0 saturated heterocycles. The zero-order valence-corrected chi connectivity index (χ0v) is 14.2. The molecule has 16 heavy (non-hydrogen) atoms. The first-order valence-corrected chi connectivity index (χ1v) is 4.31. The number of aliphatic carboxylic acids is 2. The van der Waals surface area contributed by atoms with Gasteiger partial charge in [0.25, 0.3) is 0 Å². The quantitative estimate of drug-likeness (QED) is 0.372. The SMILES string of the molecule is O=C([O-])C1C=C(Cl)C=CC1(Cl)C(=O)[O-].[Na+].[Na+]. The molecule has 0 aromatic carbocycles. The van der Waals surface area contributed by atoms with Gasteiger partial charge in [-0.1, -0.05) is 23.8 Å². The number of allylic oxidation sites excluding steroid dienone is 2. The first kappa shape index (κ1) is 19.3. The van der Waals surface area contributed by atoms with Crippen molar-refractivity contribution in [2.75, 3.05) is 0 Å². The van der Waals surface area contributed by atoms with Crippen LogP contribution in [0.4, 0.5) is 0 Å². The number of carboxylic acid groups (broad SMARTS) is 2. The second-order valence-electron chi connectivity index (χ2n) is 2.74. The van der Waals surface area contributed by atoms with E-state index < -0.39 is 22.7 Å². The van der Waals surface area contributed by atoms with E-state index in [9.17, 15) is 19.8 Å². The van der Waals surface area contributed by atoms with Gasteiger partial charge in [-0.3, -0.25) is 0 Å². The molecule has 0 fully saturated rings. The number of carbonyl (C=O) groups excluding carboxylic acids is 2. The fraction of sp³-hybridized carbons (Fsp3) is 0.250. The van der Waals surface area contributed by atoms with E-state index in [-0.39, 0.29) is 64.1 Å². The van der Waals surface area contributed by atoms with Crippen molar-refractivity contribution < 1.29 is 78.9 Å². The predicted octanol–water partition coefficient (Wildman–Crippen LogP) is -7.22. The summed E-state index contributed by atoms with van der Waals surface area (Å²) < 4.78 is 0. The van der Waals surface area contributed by atoms with Gasteiger partial charge in [0.2, 0.25) is 0 Å². The van der Waals surface area contributed by atoms with Crippen LogP contribution < -0.4 is 69.3 Å². The van der Waals surface area contributed by atoms with Crippen LogP contribution in [0, 0.1) is 5.92 Å². The number of alkyl halides is 1. The zero-order chi connectivity index (χ0) is 10.9. The monoisotopic (exact) mass is 280 g/mol. The minimum Gasteiger partial charge on any atom is -0.549 e. The van der Waals surface area contributed by atoms with Crippen molar-refractivity contribution in [3.05, 3.63) is 23.3 Å². The normalized spacial score (nSPS) is 27.1. The molecule has 1 aliphatic rings. The van der Waals surface area contributed by atoms with Crippen LogP contribution in [0.5, 0.6) is 0 Å². The molecule has 0 aliphatic heterocycles. The molecular formula is C8H4Cl2Na2O4. The van der Waals surface area contributed by atoms with E-state index in [1.54, 1.807) is 0 Å². The smallest absolute Gasteiger partial charge is 0.549 e. The minimum atomic E-state index is -2.13. The van der Waals surface area contributed by atoms with Crippen molar-refractivity contribution in [3.8, 4) is 0 Å². The van der Waals surface area contributed by atoms with Gasteiger partial charge in [0.05, 0.1) is 11.9 Å². The Hall–Kier alpha value is 1.00. The summed E-state index contributed by atoms with van der Waals surface area (Å²) in [4.78, 5) is 19.1. The Labute approximate surface area is 146 Å². The molecule has 0 bridgehead atoms. The van der Waals surface area contributed by atoms with Gasteiger partial charge in [-0.25, -0.2) is 0 Å². The van der Waals surface area contributed by atoms with Crippen LogP contribution in [-0.2, 0) is 9.59 Å². The molecule has 0 amide bonds. The fourth-order valence-corrected chi connectivity index (χ4v) is 1.48. The molecule has 2 atom stereocenters. The molecule has 0 aromatic rings. The van der Waals surface area contributed by atoms with Gasteiger partial charge < -0.3 is 19.8 Å². The summed E-state index contributed by atoms with van der Waals surface area (Å²) in [5.41, 5.74) is 0. The first-order valence-electron chi connectivity index (χ1n) is 3.55. The number of halogens is 2. The summed E-state index contributed by atoms with van der Waals surface area (Å²) >= 11 is 11.1. The van der Waals surface area contributed by atoms with Crippen molar-refractivity contribution in [2.45, 2.75) is 4.87 Å². The molecule has 1 aliphatic carbocycles. The van der Waals surface area contributed by atoms with Crippen LogP contribution in [0.2, 0.25) is 0 Å². The predicted molar refractivity (Wildman–Crippen MR) is 45.2 cm³/mol. The molecule has 0 saturated carbocycles. The Bertz CT molecular complexity index is 356. The molecule has 76 valence electrons. The van der Waals surface area contributed by atoms with E-state index in [2.05, 4.69) is 0 Å². The third-order valence-corrected chi connectivity index (χ3v) is 2.60. The van der Waals surface area contributed by atoms with Crippen LogP contribution in [0.1, 0.15) is 0 Å². The van der Waals surface area contributed by atoms with Crippen molar-refractivity contribution in [3.63, 3.8) is 0 Å². The number of carbonyl (C=O) groups is 2. The maximum atomic E-state index is 10.6. The Morgan fingerprint density at radius 3 is 2.19 bits per heavy atom. The van der Waals surface area contributed by atoms with Crippen LogP contribution >= 0.6 is 23.2 Å². The van der Waals surface area contributed by atoms with E-state index in [1.807, 2.05) is 0 Å². The van der Waals surface area contributed by atoms with Crippen LogP contribution in [-0.4, -0.2) is 16.8 Å². The minimum absolute atomic E-state index is 0. The summed E-state index contributed by atoms with van der Waals surface area (Å²) in [7, 11) is 0. The molecule has 2 unspecified atom stereocenters. The average Bonchev–Trinajstić information content (AvgIpc) is 2.08. The van der Waals surface area contributed by atoms with E-state index >= 15 is 0 Å². The van der Waals surface area contributed by atoms with E-state index in [1.165, 1.54) is 6.08 Å². The Balaban J connectivity index is 0.